The van der Waals surface area contributed by atoms with E-state index in [2.05, 4.69) is 25.1 Å². The summed E-state index contributed by atoms with van der Waals surface area (Å²) < 4.78 is 10.6. The molecule has 0 saturated carbocycles. The number of fused-ring (bicyclic) bond motifs is 1. The summed E-state index contributed by atoms with van der Waals surface area (Å²) in [7, 11) is 3.57. The van der Waals surface area contributed by atoms with E-state index in [0.29, 0.717) is 12.2 Å². The number of benzene rings is 1. The molecule has 8 heteroatoms. The first-order valence-electron chi connectivity index (χ1n) is 7.70. The number of anilines is 1. The number of imidazole rings is 1. The highest BCUT2D eigenvalue weighted by Crippen LogP contribution is 2.24. The van der Waals surface area contributed by atoms with Crippen LogP contribution in [0.25, 0.3) is 22.4 Å². The van der Waals surface area contributed by atoms with Crippen LogP contribution in [0.1, 0.15) is 5.76 Å². The quantitative estimate of drug-likeness (QED) is 0.599. The lowest BCUT2D eigenvalue weighted by molar-refractivity contribution is 0.385. The van der Waals surface area contributed by atoms with Gasteiger partial charge in [0, 0.05) is 18.7 Å². The zero-order chi connectivity index (χ0) is 17.2. The highest BCUT2D eigenvalue weighted by molar-refractivity contribution is 5.82. The lowest BCUT2D eigenvalue weighted by atomic mass is 10.1. The third kappa shape index (κ3) is 2.89. The van der Waals surface area contributed by atoms with E-state index in [1.807, 2.05) is 42.3 Å². The van der Waals surface area contributed by atoms with E-state index in [1.165, 1.54) is 6.33 Å². The molecule has 0 bridgehead atoms. The maximum absolute atomic E-state index is 5.47. The molecule has 25 heavy (non-hydrogen) atoms. The second kappa shape index (κ2) is 6.23. The molecule has 1 aromatic carbocycles. The molecule has 0 radical (unpaired) electrons. The van der Waals surface area contributed by atoms with E-state index in [9.17, 15) is 0 Å². The molecule has 1 N–H and O–H groups in total. The number of nitrogens with one attached hydrogen (secondary N) is 1. The van der Waals surface area contributed by atoms with Crippen molar-refractivity contribution >= 4 is 17.0 Å². The summed E-state index contributed by atoms with van der Waals surface area (Å²) in [6, 6.07) is 9.60. The fraction of sp³-hybridized carbons (Fsp3) is 0.176. The largest absolute Gasteiger partial charge is 0.497 e. The second-order valence-corrected chi connectivity index (χ2v) is 5.56. The second-order valence-electron chi connectivity index (χ2n) is 5.56. The van der Waals surface area contributed by atoms with Gasteiger partial charge in [0.25, 0.3) is 0 Å². The molecule has 4 aromatic rings. The summed E-state index contributed by atoms with van der Waals surface area (Å²) in [5.41, 5.74) is 3.17. The average Bonchev–Trinajstić information content (AvgIpc) is 3.30. The number of nitrogens with zero attached hydrogens (tertiary/aromatic N) is 5. The van der Waals surface area contributed by atoms with Gasteiger partial charge in [-0.15, -0.1) is 0 Å². The molecule has 0 aliphatic carbocycles. The number of H-pyrrole nitrogens is 1. The molecule has 0 unspecified atom stereocenters. The average molecular weight is 336 g/mol. The first-order valence-corrected chi connectivity index (χ1v) is 7.70. The lowest BCUT2D eigenvalue weighted by Gasteiger charge is -2.16. The maximum atomic E-state index is 5.47. The van der Waals surface area contributed by atoms with Crippen LogP contribution in [0.2, 0.25) is 0 Å². The fourth-order valence-electron chi connectivity index (χ4n) is 2.64. The Bertz CT molecular complexity index is 992. The Hall–Kier alpha value is -3.42. The number of ether oxygens (including phenoxy) is 1. The van der Waals surface area contributed by atoms with Crippen molar-refractivity contribution in [3.05, 3.63) is 48.7 Å². The van der Waals surface area contributed by atoms with Crippen LogP contribution >= 0.6 is 0 Å². The summed E-state index contributed by atoms with van der Waals surface area (Å²) in [6.07, 6.45) is 3.10. The number of aromatic nitrogens is 5. The van der Waals surface area contributed by atoms with Crippen LogP contribution < -0.4 is 9.64 Å². The van der Waals surface area contributed by atoms with Crippen molar-refractivity contribution in [1.82, 2.24) is 25.1 Å². The van der Waals surface area contributed by atoms with E-state index in [0.717, 1.165) is 34.1 Å². The summed E-state index contributed by atoms with van der Waals surface area (Å²) in [5.74, 6) is 2.30. The van der Waals surface area contributed by atoms with Crippen LogP contribution in [0, 0.1) is 0 Å². The standard InChI is InChI=1S/C17H16N6O2/c1-23(17-15-16(19-9-18-15)20-10-21-17)8-13-7-14(22-25-13)11-3-5-12(24-2)6-4-11/h3-7,9-10H,8H2,1-2H3,(H,18,19,20,21). The summed E-state index contributed by atoms with van der Waals surface area (Å²) >= 11 is 0. The van der Waals surface area contributed by atoms with Crippen molar-refractivity contribution in [3.63, 3.8) is 0 Å². The van der Waals surface area contributed by atoms with E-state index in [1.54, 1.807) is 13.4 Å². The normalized spacial score (nSPS) is 11.0. The Labute approximate surface area is 143 Å². The van der Waals surface area contributed by atoms with Crippen molar-refractivity contribution in [2.75, 3.05) is 19.1 Å². The molecule has 0 atom stereocenters. The first-order chi connectivity index (χ1) is 12.2. The van der Waals surface area contributed by atoms with Crippen LogP contribution in [-0.4, -0.2) is 39.3 Å². The Morgan fingerprint density at radius 1 is 1.16 bits per heavy atom. The summed E-state index contributed by atoms with van der Waals surface area (Å²) in [4.78, 5) is 17.6. The molecule has 0 fully saturated rings. The Morgan fingerprint density at radius 2 is 2.00 bits per heavy atom. The monoisotopic (exact) mass is 336 g/mol. The first kappa shape index (κ1) is 15.1. The van der Waals surface area contributed by atoms with Gasteiger partial charge in [-0.1, -0.05) is 5.16 Å². The molecule has 3 aromatic heterocycles. The van der Waals surface area contributed by atoms with Gasteiger partial charge in [0.2, 0.25) is 0 Å². The van der Waals surface area contributed by atoms with E-state index < -0.39 is 0 Å². The molecular formula is C17H16N6O2. The van der Waals surface area contributed by atoms with Gasteiger partial charge in [-0.05, 0) is 24.3 Å². The van der Waals surface area contributed by atoms with Gasteiger partial charge in [-0.2, -0.15) is 0 Å². The number of hydrogen-bond donors (Lipinski definition) is 1. The molecule has 0 spiro atoms. The van der Waals surface area contributed by atoms with Gasteiger partial charge < -0.3 is 19.1 Å². The minimum atomic E-state index is 0.522. The minimum absolute atomic E-state index is 0.522. The van der Waals surface area contributed by atoms with Crippen molar-refractivity contribution in [3.8, 4) is 17.0 Å². The van der Waals surface area contributed by atoms with Gasteiger partial charge in [0.15, 0.2) is 17.2 Å². The van der Waals surface area contributed by atoms with Crippen molar-refractivity contribution in [1.29, 1.82) is 0 Å². The van der Waals surface area contributed by atoms with Crippen molar-refractivity contribution in [2.24, 2.45) is 0 Å². The minimum Gasteiger partial charge on any atom is -0.497 e. The molecule has 0 saturated heterocycles. The number of rotatable bonds is 5. The van der Waals surface area contributed by atoms with Crippen molar-refractivity contribution in [2.45, 2.75) is 6.54 Å². The third-order valence-corrected chi connectivity index (χ3v) is 3.90. The molecule has 126 valence electrons. The van der Waals surface area contributed by atoms with Gasteiger partial charge in [0.1, 0.15) is 23.3 Å². The zero-order valence-electron chi connectivity index (χ0n) is 13.8. The van der Waals surface area contributed by atoms with Gasteiger partial charge in [-0.3, -0.25) is 0 Å². The fourth-order valence-corrected chi connectivity index (χ4v) is 2.64. The Morgan fingerprint density at radius 3 is 2.80 bits per heavy atom. The molecule has 8 nitrogen and oxygen atoms in total. The maximum Gasteiger partial charge on any atom is 0.182 e. The zero-order valence-corrected chi connectivity index (χ0v) is 13.8. The highest BCUT2D eigenvalue weighted by atomic mass is 16.5. The van der Waals surface area contributed by atoms with Crippen LogP contribution in [0.15, 0.2) is 47.5 Å². The highest BCUT2D eigenvalue weighted by Gasteiger charge is 2.14. The molecule has 0 amide bonds. The van der Waals surface area contributed by atoms with Crippen LogP contribution in [0.4, 0.5) is 5.82 Å². The Balaban J connectivity index is 1.55. The Kier molecular flexibility index (Phi) is 3.77. The van der Waals surface area contributed by atoms with Crippen LogP contribution in [-0.2, 0) is 6.54 Å². The summed E-state index contributed by atoms with van der Waals surface area (Å²) in [5, 5.41) is 4.15. The lowest BCUT2D eigenvalue weighted by Crippen LogP contribution is -2.17. The predicted molar refractivity (Wildman–Crippen MR) is 92.3 cm³/mol. The smallest absolute Gasteiger partial charge is 0.182 e. The topological polar surface area (TPSA) is 93.0 Å². The molecule has 4 rings (SSSR count). The van der Waals surface area contributed by atoms with Crippen LogP contribution in [0.3, 0.4) is 0 Å². The van der Waals surface area contributed by atoms with E-state index >= 15 is 0 Å². The number of aromatic amines is 1. The molecule has 0 aliphatic heterocycles. The number of hydrogen-bond acceptors (Lipinski definition) is 7. The van der Waals surface area contributed by atoms with E-state index in [4.69, 9.17) is 9.26 Å². The molecule has 3 heterocycles. The van der Waals surface area contributed by atoms with Gasteiger partial charge in [0.05, 0.1) is 20.0 Å². The van der Waals surface area contributed by atoms with Crippen molar-refractivity contribution < 1.29 is 9.26 Å². The predicted octanol–water partition coefficient (Wildman–Crippen LogP) is 2.65. The third-order valence-electron chi connectivity index (χ3n) is 3.90. The van der Waals surface area contributed by atoms with Gasteiger partial charge in [-0.25, -0.2) is 15.0 Å². The van der Waals surface area contributed by atoms with Crippen LogP contribution in [0.5, 0.6) is 5.75 Å². The molecular weight excluding hydrogens is 320 g/mol. The number of methoxy groups -OCH3 is 1. The SMILES string of the molecule is COc1ccc(-c2cc(CN(C)c3ncnc4nc[nH]c34)on2)cc1. The molecule has 0 aliphatic rings. The van der Waals surface area contributed by atoms with E-state index in [-0.39, 0.29) is 0 Å². The van der Waals surface area contributed by atoms with Gasteiger partial charge >= 0.3 is 0 Å². The summed E-state index contributed by atoms with van der Waals surface area (Å²) in [6.45, 7) is 0.522.